The summed E-state index contributed by atoms with van der Waals surface area (Å²) in [5.41, 5.74) is 2.77. The second-order valence-electron chi connectivity index (χ2n) is 17.6. The number of allylic oxidation sites excluding steroid dienone is 1. The largest absolute Gasteiger partial charge is 0.356 e. The summed E-state index contributed by atoms with van der Waals surface area (Å²) in [6.45, 7) is 13.8. The zero-order chi connectivity index (χ0) is 35.4. The number of sulfonamides is 1. The Labute approximate surface area is 300 Å². The lowest BCUT2D eigenvalue weighted by Gasteiger charge is -2.59. The number of hydrogen-bond acceptors (Lipinski definition) is 6. The minimum atomic E-state index is -3.82. The summed E-state index contributed by atoms with van der Waals surface area (Å²) in [5.74, 6) is 2.31. The lowest BCUT2D eigenvalue weighted by molar-refractivity contribution is -0.161. The van der Waals surface area contributed by atoms with E-state index in [1.165, 1.54) is 5.57 Å². The molecule has 5 fully saturated rings. The third kappa shape index (κ3) is 5.26. The minimum Gasteiger partial charge on any atom is -0.356 e. The average Bonchev–Trinajstić information content (AvgIpc) is 3.52. The van der Waals surface area contributed by atoms with Crippen molar-refractivity contribution in [3.63, 3.8) is 0 Å². The second-order valence-corrected chi connectivity index (χ2v) is 21.0. The van der Waals surface area contributed by atoms with Gasteiger partial charge >= 0.3 is 0 Å². The molecule has 2 aliphatic heterocycles. The molecule has 3 saturated carbocycles. The van der Waals surface area contributed by atoms with Crippen LogP contribution in [0, 0.1) is 60.2 Å². The van der Waals surface area contributed by atoms with Gasteiger partial charge in [-0.05, 0) is 136 Å². The molecule has 0 radical (unpaired) electrons. The van der Waals surface area contributed by atoms with Gasteiger partial charge in [0.05, 0.1) is 22.0 Å². The Hall–Kier alpha value is -2.04. The van der Waals surface area contributed by atoms with Crippen molar-refractivity contribution in [3.05, 3.63) is 71.3 Å². The summed E-state index contributed by atoms with van der Waals surface area (Å²) in [7, 11) is -7.56. The molecule has 0 amide bonds. The van der Waals surface area contributed by atoms with Crippen LogP contribution in [0.15, 0.2) is 70.0 Å². The molecule has 2 saturated heterocycles. The fourth-order valence-electron chi connectivity index (χ4n) is 12.2. The Morgan fingerprint density at radius 2 is 1.48 bits per heavy atom. The summed E-state index contributed by atoms with van der Waals surface area (Å²) < 4.78 is 70.0. The predicted octanol–water partition coefficient (Wildman–Crippen LogP) is 8.42. The predicted molar refractivity (Wildman–Crippen MR) is 194 cm³/mol. The Kier molecular flexibility index (Phi) is 8.40. The molecule has 0 N–H and O–H groups in total. The van der Waals surface area contributed by atoms with E-state index >= 15 is 0 Å². The van der Waals surface area contributed by atoms with Crippen molar-refractivity contribution in [2.45, 2.75) is 127 Å². The van der Waals surface area contributed by atoms with Crippen LogP contribution in [-0.4, -0.2) is 45.6 Å². The molecule has 4 unspecified atom stereocenters. The highest BCUT2D eigenvalue weighted by Gasteiger charge is 2.70. The highest BCUT2D eigenvalue weighted by atomic mass is 32.2. The van der Waals surface area contributed by atoms with E-state index in [1.807, 2.05) is 38.1 Å². The number of nitrogens with zero attached hydrogens (tertiary/aromatic N) is 1. The molecular weight excluding hydrogens is 667 g/mol. The lowest BCUT2D eigenvalue weighted by Crippen LogP contribution is -2.60. The van der Waals surface area contributed by atoms with Gasteiger partial charge in [0.25, 0.3) is 10.1 Å². The summed E-state index contributed by atoms with van der Waals surface area (Å²) in [5, 5.41) is 0. The molecule has 0 bridgehead atoms. The van der Waals surface area contributed by atoms with Crippen molar-refractivity contribution in [2.24, 2.45) is 46.3 Å². The molecule has 11 atom stereocenters. The first kappa shape index (κ1) is 35.0. The van der Waals surface area contributed by atoms with Crippen LogP contribution in [0.25, 0.3) is 0 Å². The highest BCUT2D eigenvalue weighted by molar-refractivity contribution is 7.89. The summed E-state index contributed by atoms with van der Waals surface area (Å²) in [6, 6.07) is 14.2. The first-order valence-electron chi connectivity index (χ1n) is 19.1. The van der Waals surface area contributed by atoms with Crippen LogP contribution in [0.5, 0.6) is 0 Å². The van der Waals surface area contributed by atoms with Crippen LogP contribution in [0.2, 0.25) is 0 Å². The van der Waals surface area contributed by atoms with E-state index in [1.54, 1.807) is 28.6 Å². The zero-order valence-electron chi connectivity index (χ0n) is 30.6. The topological polar surface area (TPSA) is 90.0 Å². The van der Waals surface area contributed by atoms with Crippen LogP contribution in [0.4, 0.5) is 0 Å². The Balaban J connectivity index is 1.03. The van der Waals surface area contributed by atoms with Gasteiger partial charge in [-0.25, -0.2) is 8.42 Å². The molecule has 1 spiro atoms. The quantitative estimate of drug-likeness (QED) is 0.228. The monoisotopic (exact) mass is 721 g/mol. The molecule has 7 nitrogen and oxygen atoms in total. The second kappa shape index (κ2) is 12.0. The number of benzene rings is 2. The Morgan fingerprint density at radius 3 is 2.16 bits per heavy atom. The Bertz CT molecular complexity index is 1890. The van der Waals surface area contributed by atoms with Crippen LogP contribution in [-0.2, 0) is 29.1 Å². The standard InChI is InChI=1S/C41H55NO6S2/c1-26-7-12-32(13-8-26)49(43,44)42-25-28(3)17-22-41(42)29(4)38-37(47-41)24-36-34-16-11-30-23-31(48-50(45,46)33-14-9-27(2)10-15-33)18-20-39(30,5)35(34)19-21-40(36,38)6/h7-15,28-29,31,34-38H,16-25H2,1-6H3/t28?,29-,31?,34+,35-,36-,37?,38-,39-,40-,41?/m0/s1. The van der Waals surface area contributed by atoms with E-state index in [-0.39, 0.29) is 39.8 Å². The molecule has 4 aliphatic carbocycles. The van der Waals surface area contributed by atoms with Gasteiger partial charge in [0.2, 0.25) is 10.0 Å². The fourth-order valence-corrected chi connectivity index (χ4v) is 15.2. The maximum absolute atomic E-state index is 14.4. The Morgan fingerprint density at radius 1 is 0.820 bits per heavy atom. The molecule has 272 valence electrons. The molecule has 2 aromatic carbocycles. The normalized spacial score (nSPS) is 41.6. The van der Waals surface area contributed by atoms with E-state index in [0.717, 1.165) is 62.5 Å². The first-order chi connectivity index (χ1) is 23.6. The van der Waals surface area contributed by atoms with Crippen LogP contribution in [0.3, 0.4) is 0 Å². The smallest absolute Gasteiger partial charge is 0.297 e. The van der Waals surface area contributed by atoms with Crippen molar-refractivity contribution >= 4 is 20.1 Å². The van der Waals surface area contributed by atoms with Crippen molar-refractivity contribution < 1.29 is 25.8 Å². The lowest BCUT2D eigenvalue weighted by atomic mass is 9.47. The number of aryl methyl sites for hydroxylation is 2. The third-order valence-electron chi connectivity index (χ3n) is 14.8. The summed E-state index contributed by atoms with van der Waals surface area (Å²) >= 11 is 0. The van der Waals surface area contributed by atoms with Crippen molar-refractivity contribution in [1.29, 1.82) is 0 Å². The average molecular weight is 722 g/mol. The minimum absolute atomic E-state index is 0.0432. The van der Waals surface area contributed by atoms with Gasteiger partial charge in [-0.15, -0.1) is 0 Å². The molecular formula is C41H55NO6S2. The number of rotatable bonds is 5. The SMILES string of the molecule is Cc1ccc(S(=O)(=O)OC2CC[C@@]3(C)C(=CC[C@H]4[C@@H]5CC6OC7(CCC(C)CN7S(=O)(=O)c7ccc(C)cc7)[C@@H](C)[C@@H]6[C@@]5(C)CC[C@@H]43)C2)cc1. The summed E-state index contributed by atoms with van der Waals surface area (Å²) in [6.07, 6.45) is 10.5. The number of fused-ring (bicyclic) bond motifs is 7. The van der Waals surface area contributed by atoms with Crippen molar-refractivity contribution in [2.75, 3.05) is 6.54 Å². The van der Waals surface area contributed by atoms with Gasteiger partial charge in [0, 0.05) is 12.5 Å². The van der Waals surface area contributed by atoms with Crippen LogP contribution in [0.1, 0.15) is 96.6 Å². The molecule has 0 aromatic heterocycles. The van der Waals surface area contributed by atoms with Crippen molar-refractivity contribution in [1.82, 2.24) is 4.31 Å². The molecule has 2 heterocycles. The van der Waals surface area contributed by atoms with E-state index < -0.39 is 25.9 Å². The third-order valence-corrected chi connectivity index (χ3v) is 18.1. The van der Waals surface area contributed by atoms with Crippen molar-refractivity contribution in [3.8, 4) is 0 Å². The summed E-state index contributed by atoms with van der Waals surface area (Å²) in [4.78, 5) is 0.587. The van der Waals surface area contributed by atoms with Gasteiger partial charge in [0.1, 0.15) is 5.72 Å². The number of piperidine rings is 1. The van der Waals surface area contributed by atoms with Crippen LogP contribution < -0.4 is 0 Å². The number of ether oxygens (including phenoxy) is 1. The van der Waals surface area contributed by atoms with Gasteiger partial charge in [0.15, 0.2) is 0 Å². The maximum atomic E-state index is 14.4. The number of hydrogen-bond donors (Lipinski definition) is 0. The fraction of sp³-hybridized carbons (Fsp3) is 0.659. The van der Waals surface area contributed by atoms with Gasteiger partial charge in [-0.2, -0.15) is 12.7 Å². The van der Waals surface area contributed by atoms with E-state index in [2.05, 4.69) is 33.8 Å². The van der Waals surface area contributed by atoms with Gasteiger partial charge < -0.3 is 4.74 Å². The van der Waals surface area contributed by atoms with E-state index in [9.17, 15) is 16.8 Å². The van der Waals surface area contributed by atoms with E-state index in [0.29, 0.717) is 41.5 Å². The molecule has 6 aliphatic rings. The van der Waals surface area contributed by atoms with Gasteiger partial charge in [-0.1, -0.05) is 74.7 Å². The molecule has 8 rings (SSSR count). The highest BCUT2D eigenvalue weighted by Crippen LogP contribution is 2.71. The van der Waals surface area contributed by atoms with Gasteiger partial charge in [-0.3, -0.25) is 4.18 Å². The molecule has 9 heteroatoms. The maximum Gasteiger partial charge on any atom is 0.297 e. The molecule has 50 heavy (non-hydrogen) atoms. The first-order valence-corrected chi connectivity index (χ1v) is 21.9. The van der Waals surface area contributed by atoms with Crippen LogP contribution >= 0.6 is 0 Å². The zero-order valence-corrected chi connectivity index (χ0v) is 32.2. The van der Waals surface area contributed by atoms with E-state index in [4.69, 9.17) is 8.92 Å². The molecule has 2 aromatic rings.